The van der Waals surface area contributed by atoms with Gasteiger partial charge in [-0.25, -0.2) is 4.79 Å². The Morgan fingerprint density at radius 1 is 1.43 bits per heavy atom. The Morgan fingerprint density at radius 2 is 2.14 bits per heavy atom. The molecule has 0 saturated carbocycles. The zero-order chi connectivity index (χ0) is 15.3. The maximum atomic E-state index is 12.1. The molecule has 1 atom stereocenters. The minimum atomic E-state index is -1.51. The minimum Gasteiger partial charge on any atom is -0.479 e. The Hall–Kier alpha value is -2.78. The second-order valence-electron chi connectivity index (χ2n) is 4.51. The fraction of sp³-hybridized carbons (Fsp3) is 0.455. The molecule has 2 rings (SSSR count). The van der Waals surface area contributed by atoms with Crippen LogP contribution in [0.4, 0.5) is 0 Å². The number of nitrogens with one attached hydrogen (secondary N) is 2. The van der Waals surface area contributed by atoms with E-state index in [0.717, 1.165) is 0 Å². The highest BCUT2D eigenvalue weighted by atomic mass is 16.4. The number of carboxylic acid groups (broad SMARTS) is 1. The lowest BCUT2D eigenvalue weighted by Crippen LogP contribution is -2.57. The first-order chi connectivity index (χ1) is 10.1. The number of amides is 1. The normalized spacial score (nSPS) is 13.6. The number of aliphatic carboxylic acids is 1. The first-order valence-electron chi connectivity index (χ1n) is 6.33. The van der Waals surface area contributed by atoms with E-state index < -0.39 is 17.4 Å². The zero-order valence-corrected chi connectivity index (χ0v) is 11.4. The third-order valence-corrected chi connectivity index (χ3v) is 2.96. The van der Waals surface area contributed by atoms with Crippen LogP contribution in [0.1, 0.15) is 30.3 Å². The molecule has 2 aromatic rings. The van der Waals surface area contributed by atoms with E-state index in [1.807, 2.05) is 6.92 Å². The van der Waals surface area contributed by atoms with E-state index in [0.29, 0.717) is 6.42 Å². The molecule has 0 fully saturated rings. The number of H-pyrrole nitrogens is 1. The number of aromatic nitrogens is 6. The maximum absolute atomic E-state index is 12.1. The molecule has 0 bridgehead atoms. The molecule has 2 heterocycles. The lowest BCUT2D eigenvalue weighted by atomic mass is 9.93. The summed E-state index contributed by atoms with van der Waals surface area (Å²) in [7, 11) is 0. The van der Waals surface area contributed by atoms with Crippen LogP contribution in [-0.2, 0) is 11.3 Å². The molecule has 0 aliphatic carbocycles. The third kappa shape index (κ3) is 3.22. The standard InChI is InChI=1S/C11H15N7O3/c1-2-3-11(10(20)21,7-18-13-4-5-14-18)15-9(19)8-6-12-17-16-8/h4-6H,2-3,7H2,1H3,(H,15,19)(H,20,21)(H,12,16,17). The first-order valence-corrected chi connectivity index (χ1v) is 6.33. The van der Waals surface area contributed by atoms with E-state index in [1.54, 1.807) is 0 Å². The highest BCUT2D eigenvalue weighted by Gasteiger charge is 2.41. The van der Waals surface area contributed by atoms with Crippen LogP contribution >= 0.6 is 0 Å². The van der Waals surface area contributed by atoms with Crippen molar-refractivity contribution in [3.05, 3.63) is 24.3 Å². The molecular weight excluding hydrogens is 278 g/mol. The van der Waals surface area contributed by atoms with E-state index in [2.05, 4.69) is 30.9 Å². The van der Waals surface area contributed by atoms with Crippen LogP contribution < -0.4 is 5.32 Å². The van der Waals surface area contributed by atoms with Gasteiger partial charge < -0.3 is 10.4 Å². The number of hydrogen-bond donors (Lipinski definition) is 3. The summed E-state index contributed by atoms with van der Waals surface area (Å²) in [6.07, 6.45) is 4.90. The van der Waals surface area contributed by atoms with Gasteiger partial charge in [-0.3, -0.25) is 4.79 Å². The van der Waals surface area contributed by atoms with Gasteiger partial charge in [-0.15, -0.1) is 0 Å². The zero-order valence-electron chi connectivity index (χ0n) is 11.4. The van der Waals surface area contributed by atoms with Crippen molar-refractivity contribution in [1.82, 2.24) is 35.7 Å². The molecule has 0 saturated heterocycles. The van der Waals surface area contributed by atoms with Gasteiger partial charge in [-0.2, -0.15) is 30.4 Å². The quantitative estimate of drug-likeness (QED) is 0.622. The largest absolute Gasteiger partial charge is 0.479 e. The smallest absolute Gasteiger partial charge is 0.331 e. The SMILES string of the molecule is CCCC(Cn1nccn1)(NC(=O)c1cn[nH]n1)C(=O)O. The predicted octanol–water partition coefficient (Wildman–Crippen LogP) is -0.550. The molecule has 0 radical (unpaired) electrons. The van der Waals surface area contributed by atoms with Crippen LogP contribution in [0.3, 0.4) is 0 Å². The number of rotatable bonds is 7. The molecule has 0 aliphatic heterocycles. The molecule has 21 heavy (non-hydrogen) atoms. The number of hydrogen-bond acceptors (Lipinski definition) is 6. The fourth-order valence-electron chi connectivity index (χ4n) is 1.99. The van der Waals surface area contributed by atoms with Gasteiger partial charge >= 0.3 is 5.97 Å². The summed E-state index contributed by atoms with van der Waals surface area (Å²) in [5.74, 6) is -1.77. The second kappa shape index (κ2) is 6.11. The van der Waals surface area contributed by atoms with Gasteiger partial charge in [0.2, 0.25) is 0 Å². The van der Waals surface area contributed by atoms with Gasteiger partial charge in [-0.1, -0.05) is 13.3 Å². The Balaban J connectivity index is 2.25. The summed E-state index contributed by atoms with van der Waals surface area (Å²) in [5, 5.41) is 29.3. The third-order valence-electron chi connectivity index (χ3n) is 2.96. The molecule has 1 unspecified atom stereocenters. The predicted molar refractivity (Wildman–Crippen MR) is 69.1 cm³/mol. The van der Waals surface area contributed by atoms with Gasteiger partial charge in [-0.05, 0) is 6.42 Å². The van der Waals surface area contributed by atoms with E-state index in [9.17, 15) is 14.7 Å². The topological polar surface area (TPSA) is 139 Å². The Kier molecular flexibility index (Phi) is 4.26. The van der Waals surface area contributed by atoms with Crippen molar-refractivity contribution in [3.8, 4) is 0 Å². The van der Waals surface area contributed by atoms with Crippen molar-refractivity contribution in [2.75, 3.05) is 0 Å². The number of aromatic amines is 1. The molecule has 0 spiro atoms. The van der Waals surface area contributed by atoms with E-state index in [4.69, 9.17) is 0 Å². The molecular formula is C11H15N7O3. The Labute approximate surface area is 119 Å². The number of nitrogens with zero attached hydrogens (tertiary/aromatic N) is 5. The molecule has 0 aromatic carbocycles. The van der Waals surface area contributed by atoms with E-state index in [1.165, 1.54) is 23.4 Å². The number of carbonyl (C=O) groups excluding carboxylic acids is 1. The monoisotopic (exact) mass is 293 g/mol. The van der Waals surface area contributed by atoms with Crippen molar-refractivity contribution in [1.29, 1.82) is 0 Å². The van der Waals surface area contributed by atoms with Crippen molar-refractivity contribution in [3.63, 3.8) is 0 Å². The summed E-state index contributed by atoms with van der Waals surface area (Å²) < 4.78 is 0. The lowest BCUT2D eigenvalue weighted by molar-refractivity contribution is -0.145. The summed E-state index contributed by atoms with van der Waals surface area (Å²) in [6, 6.07) is 0. The van der Waals surface area contributed by atoms with Gasteiger partial charge in [0.1, 0.15) is 0 Å². The highest BCUT2D eigenvalue weighted by Crippen LogP contribution is 2.17. The van der Waals surface area contributed by atoms with Crippen LogP contribution in [-0.4, -0.2) is 52.9 Å². The first kappa shape index (κ1) is 14.6. The van der Waals surface area contributed by atoms with E-state index >= 15 is 0 Å². The van der Waals surface area contributed by atoms with E-state index in [-0.39, 0.29) is 18.7 Å². The van der Waals surface area contributed by atoms with Crippen LogP contribution in [0.15, 0.2) is 18.6 Å². The van der Waals surface area contributed by atoms with Crippen LogP contribution in [0.2, 0.25) is 0 Å². The Morgan fingerprint density at radius 3 is 2.67 bits per heavy atom. The molecule has 1 amide bonds. The molecule has 112 valence electrons. The van der Waals surface area contributed by atoms with Crippen molar-refractivity contribution in [2.24, 2.45) is 0 Å². The molecule has 10 nitrogen and oxygen atoms in total. The van der Waals surface area contributed by atoms with Crippen LogP contribution in [0, 0.1) is 0 Å². The highest BCUT2D eigenvalue weighted by molar-refractivity contribution is 5.96. The lowest BCUT2D eigenvalue weighted by Gasteiger charge is -2.29. The van der Waals surface area contributed by atoms with Gasteiger partial charge in [0.05, 0.1) is 25.1 Å². The fourth-order valence-corrected chi connectivity index (χ4v) is 1.99. The minimum absolute atomic E-state index is 0.0187. The Bertz CT molecular complexity index is 595. The summed E-state index contributed by atoms with van der Waals surface area (Å²) in [6.45, 7) is 1.75. The average molecular weight is 293 g/mol. The summed E-state index contributed by atoms with van der Waals surface area (Å²) in [4.78, 5) is 25.0. The van der Waals surface area contributed by atoms with Gasteiger partial charge in [0.15, 0.2) is 11.2 Å². The summed E-state index contributed by atoms with van der Waals surface area (Å²) >= 11 is 0. The van der Waals surface area contributed by atoms with Gasteiger partial charge in [0, 0.05) is 0 Å². The van der Waals surface area contributed by atoms with Crippen molar-refractivity contribution >= 4 is 11.9 Å². The maximum Gasteiger partial charge on any atom is 0.331 e. The number of carboxylic acids is 1. The van der Waals surface area contributed by atoms with Crippen molar-refractivity contribution < 1.29 is 14.7 Å². The molecule has 2 aromatic heterocycles. The van der Waals surface area contributed by atoms with Crippen molar-refractivity contribution in [2.45, 2.75) is 31.8 Å². The van der Waals surface area contributed by atoms with Gasteiger partial charge in [0.25, 0.3) is 5.91 Å². The second-order valence-corrected chi connectivity index (χ2v) is 4.51. The molecule has 0 aliphatic rings. The number of carbonyl (C=O) groups is 2. The summed E-state index contributed by atoms with van der Waals surface area (Å²) in [5.41, 5.74) is -1.49. The molecule has 3 N–H and O–H groups in total. The van der Waals surface area contributed by atoms with Crippen LogP contribution in [0.5, 0.6) is 0 Å². The average Bonchev–Trinajstić information content (AvgIpc) is 3.11. The van der Waals surface area contributed by atoms with Crippen LogP contribution in [0.25, 0.3) is 0 Å². The molecule has 10 heteroatoms.